The van der Waals surface area contributed by atoms with Gasteiger partial charge >= 0.3 is 0 Å². The van der Waals surface area contributed by atoms with Gasteiger partial charge in [0.2, 0.25) is 0 Å². The Kier molecular flexibility index (Phi) is 10.3. The van der Waals surface area contributed by atoms with Crippen molar-refractivity contribution in [3.8, 4) is 5.75 Å². The molecule has 2 N–H and O–H groups in total. The number of hydrazone groups is 1. The van der Waals surface area contributed by atoms with Crippen molar-refractivity contribution in [3.05, 3.63) is 125 Å². The number of carbonyl (C=O) groups excluding carboxylic acids is 2. The zero-order chi connectivity index (χ0) is 30.8. The van der Waals surface area contributed by atoms with Crippen molar-refractivity contribution >= 4 is 33.7 Å². The second kappa shape index (κ2) is 14.3. The summed E-state index contributed by atoms with van der Waals surface area (Å²) in [4.78, 5) is 25.0. The van der Waals surface area contributed by atoms with Crippen LogP contribution in [0.15, 0.2) is 107 Å². The molecule has 4 aromatic carbocycles. The third-order valence-corrected chi connectivity index (χ3v) is 8.45. The highest BCUT2D eigenvalue weighted by molar-refractivity contribution is 7.92. The van der Waals surface area contributed by atoms with Gasteiger partial charge in [0, 0.05) is 6.54 Å². The maximum atomic E-state index is 13.6. The number of hydrogen-bond donors (Lipinski definition) is 2. The fraction of sp³-hybridized carbons (Fsp3) is 0.182. The number of ether oxygens (including phenoxy) is 1. The van der Waals surface area contributed by atoms with Crippen LogP contribution in [0.1, 0.15) is 27.8 Å². The van der Waals surface area contributed by atoms with Crippen molar-refractivity contribution in [1.29, 1.82) is 0 Å². The third kappa shape index (κ3) is 8.76. The molecule has 0 aliphatic rings. The van der Waals surface area contributed by atoms with Crippen molar-refractivity contribution in [3.63, 3.8) is 0 Å². The van der Waals surface area contributed by atoms with Crippen molar-refractivity contribution in [2.24, 2.45) is 5.10 Å². The van der Waals surface area contributed by atoms with Crippen LogP contribution in [-0.4, -0.2) is 39.6 Å². The Morgan fingerprint density at radius 3 is 2.21 bits per heavy atom. The van der Waals surface area contributed by atoms with Crippen LogP contribution in [0.2, 0.25) is 0 Å². The molecule has 4 rings (SSSR count). The van der Waals surface area contributed by atoms with Gasteiger partial charge in [-0.2, -0.15) is 5.10 Å². The highest BCUT2D eigenvalue weighted by Crippen LogP contribution is 2.26. The van der Waals surface area contributed by atoms with Crippen LogP contribution in [0.4, 0.5) is 5.69 Å². The van der Waals surface area contributed by atoms with Gasteiger partial charge in [-0.05, 0) is 91.6 Å². The van der Waals surface area contributed by atoms with Crippen LogP contribution >= 0.6 is 0 Å². The molecule has 0 fully saturated rings. The molecule has 0 heterocycles. The van der Waals surface area contributed by atoms with E-state index in [0.717, 1.165) is 26.6 Å². The van der Waals surface area contributed by atoms with Crippen LogP contribution in [-0.2, 0) is 26.2 Å². The average molecular weight is 599 g/mol. The number of aryl methyl sites for hydroxylation is 3. The average Bonchev–Trinajstić information content (AvgIpc) is 3.00. The second-order valence-electron chi connectivity index (χ2n) is 10.0. The molecule has 0 aliphatic carbocycles. The van der Waals surface area contributed by atoms with Crippen LogP contribution < -0.4 is 19.8 Å². The van der Waals surface area contributed by atoms with E-state index >= 15 is 0 Å². The topological polar surface area (TPSA) is 117 Å². The summed E-state index contributed by atoms with van der Waals surface area (Å²) in [7, 11) is -4.03. The van der Waals surface area contributed by atoms with Gasteiger partial charge in [0.05, 0.1) is 16.8 Å². The van der Waals surface area contributed by atoms with Gasteiger partial charge in [-0.15, -0.1) is 0 Å². The Hall–Kier alpha value is -4.96. The molecule has 0 bridgehead atoms. The summed E-state index contributed by atoms with van der Waals surface area (Å²) in [5, 5.41) is 6.79. The molecular weight excluding hydrogens is 564 g/mol. The number of hydrogen-bond acceptors (Lipinski definition) is 6. The first kappa shape index (κ1) is 31.0. The molecule has 4 aromatic rings. The summed E-state index contributed by atoms with van der Waals surface area (Å²) in [6.45, 7) is 5.52. The Morgan fingerprint density at radius 2 is 1.53 bits per heavy atom. The zero-order valence-electron chi connectivity index (χ0n) is 24.3. The minimum Gasteiger partial charge on any atom is -0.484 e. The summed E-state index contributed by atoms with van der Waals surface area (Å²) in [5.41, 5.74) is 7.29. The third-order valence-electron chi connectivity index (χ3n) is 6.66. The SMILES string of the molecule is Cc1ccc(S(=O)(=O)N(CC(=O)N/N=C\c2ccc(OCC(=O)NCc3ccccc3)cc2)c2ccc(C)c(C)c2)cc1. The number of anilines is 1. The Labute approximate surface area is 252 Å². The number of sulfonamides is 1. The van der Waals surface area contributed by atoms with Crippen LogP contribution in [0.3, 0.4) is 0 Å². The predicted molar refractivity (Wildman–Crippen MR) is 168 cm³/mol. The minimum absolute atomic E-state index is 0.0867. The van der Waals surface area contributed by atoms with Gasteiger partial charge in [0.15, 0.2) is 6.61 Å². The van der Waals surface area contributed by atoms with E-state index in [9.17, 15) is 18.0 Å². The number of carbonyl (C=O) groups is 2. The lowest BCUT2D eigenvalue weighted by atomic mass is 10.1. The fourth-order valence-corrected chi connectivity index (χ4v) is 5.44. The van der Waals surface area contributed by atoms with E-state index in [1.807, 2.05) is 57.2 Å². The number of rotatable bonds is 12. The molecule has 10 heteroatoms. The minimum atomic E-state index is -4.03. The molecule has 2 amide bonds. The van der Waals surface area contributed by atoms with Gasteiger partial charge in [-0.1, -0.05) is 54.1 Å². The molecule has 0 radical (unpaired) electrons. The van der Waals surface area contributed by atoms with Gasteiger partial charge in [0.1, 0.15) is 12.3 Å². The fourth-order valence-electron chi connectivity index (χ4n) is 4.02. The molecule has 0 saturated heterocycles. The van der Waals surface area contributed by atoms with E-state index in [4.69, 9.17) is 4.74 Å². The van der Waals surface area contributed by atoms with Crippen LogP contribution in [0, 0.1) is 20.8 Å². The van der Waals surface area contributed by atoms with Crippen molar-refractivity contribution in [1.82, 2.24) is 10.7 Å². The molecule has 0 aromatic heterocycles. The monoisotopic (exact) mass is 598 g/mol. The lowest BCUT2D eigenvalue weighted by Gasteiger charge is -2.24. The number of amides is 2. The summed E-state index contributed by atoms with van der Waals surface area (Å²) >= 11 is 0. The molecule has 43 heavy (non-hydrogen) atoms. The zero-order valence-corrected chi connectivity index (χ0v) is 25.1. The molecule has 0 unspecified atom stereocenters. The quantitative estimate of drug-likeness (QED) is 0.182. The standard InChI is InChI=1S/C33H34N4O5S/c1-24-9-17-31(18-10-24)43(40,41)37(29-14-11-25(2)26(3)19-29)22-32(38)36-35-21-28-12-15-30(16-13-28)42-23-33(39)34-20-27-7-5-4-6-8-27/h4-19,21H,20,22-23H2,1-3H3,(H,34,39)(H,36,38)/b35-21-. The van der Waals surface area contributed by atoms with Crippen molar-refractivity contribution in [2.45, 2.75) is 32.2 Å². The van der Waals surface area contributed by atoms with E-state index in [1.54, 1.807) is 48.5 Å². The van der Waals surface area contributed by atoms with Gasteiger partial charge < -0.3 is 10.1 Å². The molecule has 0 saturated carbocycles. The molecule has 0 atom stereocenters. The largest absolute Gasteiger partial charge is 0.484 e. The van der Waals surface area contributed by atoms with E-state index < -0.39 is 22.5 Å². The second-order valence-corrected chi connectivity index (χ2v) is 11.9. The Bertz CT molecular complexity index is 1690. The highest BCUT2D eigenvalue weighted by atomic mass is 32.2. The van der Waals surface area contributed by atoms with E-state index in [1.165, 1.54) is 18.3 Å². The van der Waals surface area contributed by atoms with Gasteiger partial charge in [0.25, 0.3) is 21.8 Å². The number of nitrogens with one attached hydrogen (secondary N) is 2. The van der Waals surface area contributed by atoms with E-state index in [0.29, 0.717) is 23.5 Å². The summed E-state index contributed by atoms with van der Waals surface area (Å²) in [6.07, 6.45) is 1.43. The number of nitrogens with zero attached hydrogens (tertiary/aromatic N) is 2. The van der Waals surface area contributed by atoms with Gasteiger partial charge in [-0.3, -0.25) is 13.9 Å². The maximum absolute atomic E-state index is 13.6. The van der Waals surface area contributed by atoms with Crippen LogP contribution in [0.25, 0.3) is 0 Å². The smallest absolute Gasteiger partial charge is 0.264 e. The summed E-state index contributed by atoms with van der Waals surface area (Å²) in [5.74, 6) is -0.343. The van der Waals surface area contributed by atoms with Crippen LogP contribution in [0.5, 0.6) is 5.75 Å². The molecule has 222 valence electrons. The summed E-state index contributed by atoms with van der Waals surface area (Å²) < 4.78 is 33.8. The van der Waals surface area contributed by atoms with E-state index in [2.05, 4.69) is 15.8 Å². The first-order chi connectivity index (χ1) is 20.6. The Morgan fingerprint density at radius 1 is 0.837 bits per heavy atom. The van der Waals surface area contributed by atoms with E-state index in [-0.39, 0.29) is 17.4 Å². The lowest BCUT2D eigenvalue weighted by Crippen LogP contribution is -2.39. The normalized spacial score (nSPS) is 11.2. The molecule has 0 aliphatic heterocycles. The summed E-state index contributed by atoms with van der Waals surface area (Å²) in [6, 6.07) is 28.1. The first-order valence-corrected chi connectivity index (χ1v) is 15.1. The van der Waals surface area contributed by atoms with Gasteiger partial charge in [-0.25, -0.2) is 13.8 Å². The number of benzene rings is 4. The predicted octanol–water partition coefficient (Wildman–Crippen LogP) is 4.65. The lowest BCUT2D eigenvalue weighted by molar-refractivity contribution is -0.123. The molecule has 9 nitrogen and oxygen atoms in total. The van der Waals surface area contributed by atoms with Crippen molar-refractivity contribution < 1.29 is 22.7 Å². The highest BCUT2D eigenvalue weighted by Gasteiger charge is 2.27. The maximum Gasteiger partial charge on any atom is 0.264 e. The first-order valence-electron chi connectivity index (χ1n) is 13.6. The molecular formula is C33H34N4O5S. The molecule has 0 spiro atoms. The Balaban J connectivity index is 1.34. The van der Waals surface area contributed by atoms with Crippen molar-refractivity contribution in [2.75, 3.05) is 17.5 Å².